The second-order valence-corrected chi connectivity index (χ2v) is 6.95. The number of nitrogens with one attached hydrogen (secondary N) is 2. The monoisotopic (exact) mass is 388 g/mol. The van der Waals surface area contributed by atoms with E-state index in [4.69, 9.17) is 0 Å². The number of hydrogen-bond acceptors (Lipinski definition) is 2. The molecule has 3 amide bonds. The molecule has 0 spiro atoms. The number of urea groups is 1. The first kappa shape index (κ1) is 20.3. The standard InChI is InChI=1S/C24H25N3O2/c1-17-13-15-20(16-14-17)21(18-9-5-3-6-10-18)26-22(19-11-7-4-8-12-19)23(28)27-24(29)25-2/h3-16,21-22,26H,1-2H3,(H2,25,27,28,29)/p+1/t21-,22+/m1/s1. The Labute approximate surface area is 171 Å². The maximum absolute atomic E-state index is 13.0. The first-order valence-electron chi connectivity index (χ1n) is 9.62. The highest BCUT2D eigenvalue weighted by atomic mass is 16.2. The van der Waals surface area contributed by atoms with Crippen molar-refractivity contribution in [1.82, 2.24) is 10.6 Å². The summed E-state index contributed by atoms with van der Waals surface area (Å²) in [6.45, 7) is 2.05. The zero-order chi connectivity index (χ0) is 20.6. The van der Waals surface area contributed by atoms with Crippen LogP contribution in [0.4, 0.5) is 4.79 Å². The van der Waals surface area contributed by atoms with Crippen molar-refractivity contribution in [2.24, 2.45) is 0 Å². The van der Waals surface area contributed by atoms with Gasteiger partial charge in [0, 0.05) is 23.7 Å². The Bertz CT molecular complexity index is 941. The molecule has 29 heavy (non-hydrogen) atoms. The van der Waals surface area contributed by atoms with E-state index in [0.717, 1.165) is 16.7 Å². The van der Waals surface area contributed by atoms with E-state index in [1.807, 2.05) is 53.8 Å². The molecule has 0 aliphatic carbocycles. The Morgan fingerprint density at radius 3 is 1.83 bits per heavy atom. The van der Waals surface area contributed by atoms with Gasteiger partial charge in [-0.15, -0.1) is 0 Å². The van der Waals surface area contributed by atoms with Crippen LogP contribution >= 0.6 is 0 Å². The third-order valence-corrected chi connectivity index (χ3v) is 4.89. The zero-order valence-electron chi connectivity index (χ0n) is 16.6. The van der Waals surface area contributed by atoms with Crippen molar-refractivity contribution < 1.29 is 14.9 Å². The van der Waals surface area contributed by atoms with Crippen molar-refractivity contribution in [1.29, 1.82) is 0 Å². The molecule has 5 nitrogen and oxygen atoms in total. The summed E-state index contributed by atoms with van der Waals surface area (Å²) in [5, 5.41) is 6.87. The molecule has 3 aromatic carbocycles. The molecule has 0 aliphatic heterocycles. The maximum Gasteiger partial charge on any atom is 0.321 e. The lowest BCUT2D eigenvalue weighted by atomic mass is 9.95. The first-order valence-corrected chi connectivity index (χ1v) is 9.62. The summed E-state index contributed by atoms with van der Waals surface area (Å²) >= 11 is 0. The molecule has 0 unspecified atom stereocenters. The molecule has 2 atom stereocenters. The Hall–Kier alpha value is -3.44. The van der Waals surface area contributed by atoms with Crippen LogP contribution in [0.15, 0.2) is 84.9 Å². The van der Waals surface area contributed by atoms with Crippen molar-refractivity contribution in [2.75, 3.05) is 7.05 Å². The van der Waals surface area contributed by atoms with Crippen molar-refractivity contribution in [3.63, 3.8) is 0 Å². The van der Waals surface area contributed by atoms with Crippen LogP contribution < -0.4 is 16.0 Å². The molecule has 4 N–H and O–H groups in total. The highest BCUT2D eigenvalue weighted by molar-refractivity contribution is 5.96. The molecular weight excluding hydrogens is 362 g/mol. The summed E-state index contributed by atoms with van der Waals surface area (Å²) in [5.74, 6) is -0.358. The Morgan fingerprint density at radius 2 is 1.28 bits per heavy atom. The van der Waals surface area contributed by atoms with E-state index < -0.39 is 12.1 Å². The van der Waals surface area contributed by atoms with Gasteiger partial charge in [0.15, 0.2) is 6.04 Å². The molecule has 0 radical (unpaired) electrons. The van der Waals surface area contributed by atoms with Gasteiger partial charge in [-0.3, -0.25) is 10.1 Å². The van der Waals surface area contributed by atoms with Crippen LogP contribution in [0.25, 0.3) is 0 Å². The molecule has 148 valence electrons. The topological polar surface area (TPSA) is 74.8 Å². The minimum atomic E-state index is -0.583. The van der Waals surface area contributed by atoms with Gasteiger partial charge in [0.25, 0.3) is 5.91 Å². The predicted molar refractivity (Wildman–Crippen MR) is 113 cm³/mol. The molecular formula is C24H26N3O2+. The van der Waals surface area contributed by atoms with Gasteiger partial charge in [-0.2, -0.15) is 0 Å². The molecule has 3 aromatic rings. The number of rotatable bonds is 6. The molecule has 0 bridgehead atoms. The van der Waals surface area contributed by atoms with E-state index in [-0.39, 0.29) is 11.9 Å². The highest BCUT2D eigenvalue weighted by Crippen LogP contribution is 2.21. The highest BCUT2D eigenvalue weighted by Gasteiger charge is 2.30. The molecule has 0 aliphatic rings. The quantitative estimate of drug-likeness (QED) is 0.607. The summed E-state index contributed by atoms with van der Waals surface area (Å²) in [7, 11) is 1.49. The second kappa shape index (κ2) is 9.66. The number of imide groups is 1. The third kappa shape index (κ3) is 5.30. The van der Waals surface area contributed by atoms with Gasteiger partial charge < -0.3 is 10.6 Å². The normalized spacial score (nSPS) is 12.6. The zero-order valence-corrected chi connectivity index (χ0v) is 16.6. The smallest absolute Gasteiger partial charge is 0.321 e. The lowest BCUT2D eigenvalue weighted by molar-refractivity contribution is -0.713. The minimum Gasteiger partial charge on any atom is -0.341 e. The van der Waals surface area contributed by atoms with Gasteiger partial charge in [-0.25, -0.2) is 4.79 Å². The van der Waals surface area contributed by atoms with Gasteiger partial charge in [0.05, 0.1) is 0 Å². The van der Waals surface area contributed by atoms with Crippen molar-refractivity contribution in [3.8, 4) is 0 Å². The van der Waals surface area contributed by atoms with Crippen LogP contribution in [-0.2, 0) is 4.79 Å². The van der Waals surface area contributed by atoms with Crippen molar-refractivity contribution >= 4 is 11.9 Å². The van der Waals surface area contributed by atoms with E-state index in [2.05, 4.69) is 54.0 Å². The van der Waals surface area contributed by atoms with Crippen LogP contribution in [0.2, 0.25) is 0 Å². The molecule has 0 saturated heterocycles. The average molecular weight is 388 g/mol. The van der Waals surface area contributed by atoms with Gasteiger partial charge in [0.2, 0.25) is 0 Å². The number of aryl methyl sites for hydroxylation is 1. The van der Waals surface area contributed by atoms with Crippen LogP contribution in [0.1, 0.15) is 34.3 Å². The number of amides is 3. The van der Waals surface area contributed by atoms with Crippen LogP contribution in [-0.4, -0.2) is 19.0 Å². The minimum absolute atomic E-state index is 0.0996. The summed E-state index contributed by atoms with van der Waals surface area (Å²) in [4.78, 5) is 24.7. The summed E-state index contributed by atoms with van der Waals surface area (Å²) < 4.78 is 0. The number of carbonyl (C=O) groups excluding carboxylic acids is 2. The number of quaternary nitrogens is 1. The molecule has 0 fully saturated rings. The molecule has 0 heterocycles. The van der Waals surface area contributed by atoms with E-state index in [0.29, 0.717) is 0 Å². The van der Waals surface area contributed by atoms with Crippen LogP contribution in [0.3, 0.4) is 0 Å². The molecule has 5 heteroatoms. The van der Waals surface area contributed by atoms with Crippen molar-refractivity contribution in [3.05, 3.63) is 107 Å². The lowest BCUT2D eigenvalue weighted by Crippen LogP contribution is -2.88. The first-order chi connectivity index (χ1) is 14.1. The van der Waals surface area contributed by atoms with Crippen LogP contribution in [0.5, 0.6) is 0 Å². The Morgan fingerprint density at radius 1 is 0.759 bits per heavy atom. The van der Waals surface area contributed by atoms with Crippen molar-refractivity contribution in [2.45, 2.75) is 19.0 Å². The fourth-order valence-corrected chi connectivity index (χ4v) is 3.30. The third-order valence-electron chi connectivity index (χ3n) is 4.89. The predicted octanol–water partition coefficient (Wildman–Crippen LogP) is 2.84. The molecule has 3 rings (SSSR count). The number of benzene rings is 3. The number of nitrogens with two attached hydrogens (primary N) is 1. The molecule has 0 saturated carbocycles. The van der Waals surface area contributed by atoms with Gasteiger partial charge >= 0.3 is 6.03 Å². The number of carbonyl (C=O) groups is 2. The fourth-order valence-electron chi connectivity index (χ4n) is 3.30. The van der Waals surface area contributed by atoms with Crippen LogP contribution in [0, 0.1) is 6.92 Å². The summed E-state index contributed by atoms with van der Waals surface area (Å²) in [6, 6.07) is 26.7. The Balaban J connectivity index is 1.99. The molecule has 0 aromatic heterocycles. The van der Waals surface area contributed by atoms with Gasteiger partial charge in [-0.05, 0) is 6.92 Å². The lowest BCUT2D eigenvalue weighted by Gasteiger charge is -2.23. The largest absolute Gasteiger partial charge is 0.341 e. The average Bonchev–Trinajstić information content (AvgIpc) is 2.76. The van der Waals surface area contributed by atoms with E-state index in [1.54, 1.807) is 0 Å². The number of hydrogen-bond donors (Lipinski definition) is 3. The van der Waals surface area contributed by atoms with Gasteiger partial charge in [-0.1, -0.05) is 90.5 Å². The fraction of sp³-hybridized carbons (Fsp3) is 0.167. The van der Waals surface area contributed by atoms with E-state index in [9.17, 15) is 9.59 Å². The maximum atomic E-state index is 13.0. The SMILES string of the molecule is CNC(=O)NC(=O)[C@@H]([NH2+][C@H](c1ccccc1)c1ccc(C)cc1)c1ccccc1. The summed E-state index contributed by atoms with van der Waals surface area (Å²) in [6.07, 6.45) is 0. The summed E-state index contributed by atoms with van der Waals surface area (Å²) in [5.41, 5.74) is 4.19. The second-order valence-electron chi connectivity index (χ2n) is 6.95. The van der Waals surface area contributed by atoms with E-state index in [1.165, 1.54) is 12.6 Å². The van der Waals surface area contributed by atoms with Gasteiger partial charge in [0.1, 0.15) is 6.04 Å². The van der Waals surface area contributed by atoms with E-state index >= 15 is 0 Å². The Kier molecular flexibility index (Phi) is 6.76.